The van der Waals surface area contributed by atoms with E-state index in [1.807, 2.05) is 24.3 Å². The summed E-state index contributed by atoms with van der Waals surface area (Å²) in [4.78, 5) is 12.4. The summed E-state index contributed by atoms with van der Waals surface area (Å²) in [6, 6.07) is 19.4. The monoisotopic (exact) mass is 427 g/mol. The Kier molecular flexibility index (Phi) is 6.36. The zero-order valence-corrected chi connectivity index (χ0v) is 17.1. The van der Waals surface area contributed by atoms with Gasteiger partial charge in [-0.15, -0.1) is 0 Å². The third-order valence-electron chi connectivity index (χ3n) is 4.09. The smallest absolute Gasteiger partial charge is 0.261 e. The van der Waals surface area contributed by atoms with E-state index in [2.05, 4.69) is 4.72 Å². The van der Waals surface area contributed by atoms with Crippen LogP contribution in [0, 0.1) is 0 Å². The second-order valence-electron chi connectivity index (χ2n) is 6.11. The number of carbonyl (C=O) groups is 1. The molecule has 148 valence electrons. The fourth-order valence-electron chi connectivity index (χ4n) is 2.51. The number of halogens is 1. The Labute approximate surface area is 174 Å². The normalized spacial score (nSPS) is 11.4. The minimum Gasteiger partial charge on any atom is -0.497 e. The summed E-state index contributed by atoms with van der Waals surface area (Å²) in [5.74, 6) is 0.554. The van der Waals surface area contributed by atoms with Crippen LogP contribution in [-0.4, -0.2) is 21.3 Å². The number of ketones is 1. The molecule has 7 heteroatoms. The van der Waals surface area contributed by atoms with Gasteiger partial charge in [0.15, 0.2) is 5.78 Å². The van der Waals surface area contributed by atoms with Crippen molar-refractivity contribution in [3.8, 4) is 5.75 Å². The number of hydrogen-bond acceptors (Lipinski definition) is 4. The second-order valence-corrected chi connectivity index (χ2v) is 8.23. The molecule has 0 aliphatic heterocycles. The van der Waals surface area contributed by atoms with Crippen LogP contribution in [0.3, 0.4) is 0 Å². The van der Waals surface area contributed by atoms with Crippen molar-refractivity contribution in [2.45, 2.75) is 4.90 Å². The van der Waals surface area contributed by atoms with E-state index in [-0.39, 0.29) is 10.7 Å². The fraction of sp³-hybridized carbons (Fsp3) is 0.0455. The van der Waals surface area contributed by atoms with Crippen LogP contribution in [0.25, 0.3) is 6.08 Å². The van der Waals surface area contributed by atoms with E-state index in [1.165, 1.54) is 30.3 Å². The van der Waals surface area contributed by atoms with E-state index in [9.17, 15) is 13.2 Å². The molecule has 0 fully saturated rings. The second kappa shape index (κ2) is 8.94. The molecule has 0 bridgehead atoms. The molecule has 0 heterocycles. The molecule has 0 unspecified atom stereocenters. The highest BCUT2D eigenvalue weighted by atomic mass is 35.5. The van der Waals surface area contributed by atoms with E-state index >= 15 is 0 Å². The highest BCUT2D eigenvalue weighted by Gasteiger charge is 2.14. The molecule has 3 aromatic rings. The molecule has 0 saturated carbocycles. The van der Waals surface area contributed by atoms with Crippen molar-refractivity contribution >= 4 is 39.2 Å². The van der Waals surface area contributed by atoms with Gasteiger partial charge < -0.3 is 4.74 Å². The first-order chi connectivity index (χ1) is 13.9. The lowest BCUT2D eigenvalue weighted by atomic mass is 10.1. The van der Waals surface area contributed by atoms with Crippen molar-refractivity contribution in [1.82, 2.24) is 0 Å². The Morgan fingerprint density at radius 1 is 0.931 bits per heavy atom. The van der Waals surface area contributed by atoms with Gasteiger partial charge in [-0.3, -0.25) is 9.52 Å². The number of allylic oxidation sites excluding steroid dienone is 1. The van der Waals surface area contributed by atoms with Crippen molar-refractivity contribution < 1.29 is 17.9 Å². The van der Waals surface area contributed by atoms with Gasteiger partial charge in [-0.05, 0) is 72.3 Å². The lowest BCUT2D eigenvalue weighted by Crippen LogP contribution is -2.12. The molecular formula is C22H18ClNO4S. The van der Waals surface area contributed by atoms with Gasteiger partial charge in [0.1, 0.15) is 5.75 Å². The number of benzene rings is 3. The van der Waals surface area contributed by atoms with Crippen molar-refractivity contribution in [2.24, 2.45) is 0 Å². The minimum atomic E-state index is -3.73. The average Bonchev–Trinajstić information content (AvgIpc) is 2.73. The number of rotatable bonds is 7. The molecular weight excluding hydrogens is 410 g/mol. The molecule has 0 aromatic heterocycles. The average molecular weight is 428 g/mol. The van der Waals surface area contributed by atoms with E-state index in [0.29, 0.717) is 16.3 Å². The quantitative estimate of drug-likeness (QED) is 0.423. The number of anilines is 1. The summed E-state index contributed by atoms with van der Waals surface area (Å²) < 4.78 is 32.4. The lowest BCUT2D eigenvalue weighted by Gasteiger charge is -2.08. The Morgan fingerprint density at radius 2 is 1.55 bits per heavy atom. The number of carbonyl (C=O) groups excluding carboxylic acids is 1. The molecule has 0 amide bonds. The maximum absolute atomic E-state index is 12.4. The first-order valence-corrected chi connectivity index (χ1v) is 10.5. The Morgan fingerprint density at radius 3 is 2.14 bits per heavy atom. The van der Waals surface area contributed by atoms with Crippen LogP contribution in [0.5, 0.6) is 5.75 Å². The van der Waals surface area contributed by atoms with Crippen LogP contribution in [-0.2, 0) is 10.0 Å². The molecule has 0 atom stereocenters. The molecule has 1 N–H and O–H groups in total. The third-order valence-corrected chi connectivity index (χ3v) is 5.74. The molecule has 5 nitrogen and oxygen atoms in total. The minimum absolute atomic E-state index is 0.101. The van der Waals surface area contributed by atoms with Crippen LogP contribution < -0.4 is 9.46 Å². The van der Waals surface area contributed by atoms with Crippen molar-refractivity contribution in [2.75, 3.05) is 11.8 Å². The van der Waals surface area contributed by atoms with Gasteiger partial charge in [-0.2, -0.15) is 0 Å². The zero-order chi connectivity index (χ0) is 20.9. The Hall–Kier alpha value is -3.09. The number of ether oxygens (including phenoxy) is 1. The molecule has 0 aliphatic carbocycles. The first kappa shape index (κ1) is 20.6. The highest BCUT2D eigenvalue weighted by Crippen LogP contribution is 2.19. The molecule has 0 aliphatic rings. The topological polar surface area (TPSA) is 72.5 Å². The summed E-state index contributed by atoms with van der Waals surface area (Å²) in [6.45, 7) is 0. The summed E-state index contributed by atoms with van der Waals surface area (Å²) in [5, 5.41) is 0.453. The maximum atomic E-state index is 12.4. The van der Waals surface area contributed by atoms with Gasteiger partial charge in [0.05, 0.1) is 12.0 Å². The fourth-order valence-corrected chi connectivity index (χ4v) is 3.70. The van der Waals surface area contributed by atoms with E-state index < -0.39 is 10.0 Å². The van der Waals surface area contributed by atoms with E-state index in [1.54, 1.807) is 37.5 Å². The molecule has 0 saturated heterocycles. The third kappa shape index (κ3) is 5.47. The number of nitrogens with one attached hydrogen (secondary N) is 1. The standard InChI is InChI=1S/C22H18ClNO4S/c1-28-20-11-2-16(3-12-20)4-15-22(25)17-5-9-19(10-6-17)24-29(26,27)21-13-7-18(23)8-14-21/h2-15,24H,1H3/b15-4+. The van der Waals surface area contributed by atoms with Crippen LogP contribution in [0.4, 0.5) is 5.69 Å². The SMILES string of the molecule is COc1ccc(/C=C/C(=O)c2ccc(NS(=O)(=O)c3ccc(Cl)cc3)cc2)cc1. The summed E-state index contributed by atoms with van der Waals surface area (Å²) in [6.07, 6.45) is 3.17. The van der Waals surface area contributed by atoms with Crippen LogP contribution >= 0.6 is 11.6 Å². The van der Waals surface area contributed by atoms with Crippen molar-refractivity contribution in [1.29, 1.82) is 0 Å². The maximum Gasteiger partial charge on any atom is 0.261 e. The van der Waals surface area contributed by atoms with E-state index in [0.717, 1.165) is 11.3 Å². The summed E-state index contributed by atoms with van der Waals surface area (Å²) in [7, 11) is -2.14. The van der Waals surface area contributed by atoms with Gasteiger partial charge in [0, 0.05) is 16.3 Å². The predicted octanol–water partition coefficient (Wildman–Crippen LogP) is 5.05. The van der Waals surface area contributed by atoms with Crippen LogP contribution in [0.2, 0.25) is 5.02 Å². The highest BCUT2D eigenvalue weighted by molar-refractivity contribution is 7.92. The molecule has 29 heavy (non-hydrogen) atoms. The van der Waals surface area contributed by atoms with Gasteiger partial charge in [-0.25, -0.2) is 8.42 Å². The zero-order valence-electron chi connectivity index (χ0n) is 15.5. The lowest BCUT2D eigenvalue weighted by molar-refractivity contribution is 0.104. The molecule has 3 rings (SSSR count). The van der Waals surface area contributed by atoms with Gasteiger partial charge in [-0.1, -0.05) is 29.8 Å². The van der Waals surface area contributed by atoms with Crippen LogP contribution in [0.1, 0.15) is 15.9 Å². The Balaban J connectivity index is 1.68. The van der Waals surface area contributed by atoms with Gasteiger partial charge in [0.2, 0.25) is 0 Å². The molecule has 0 spiro atoms. The molecule has 3 aromatic carbocycles. The summed E-state index contributed by atoms with van der Waals surface area (Å²) >= 11 is 5.79. The van der Waals surface area contributed by atoms with Gasteiger partial charge >= 0.3 is 0 Å². The first-order valence-electron chi connectivity index (χ1n) is 8.62. The predicted molar refractivity (Wildman–Crippen MR) is 115 cm³/mol. The number of methoxy groups -OCH3 is 1. The number of sulfonamides is 1. The van der Waals surface area contributed by atoms with Crippen LogP contribution in [0.15, 0.2) is 83.8 Å². The largest absolute Gasteiger partial charge is 0.497 e. The Bertz CT molecular complexity index is 1120. The van der Waals surface area contributed by atoms with Gasteiger partial charge in [0.25, 0.3) is 10.0 Å². The van der Waals surface area contributed by atoms with E-state index in [4.69, 9.17) is 16.3 Å². The number of hydrogen-bond donors (Lipinski definition) is 1. The van der Waals surface area contributed by atoms with Crippen molar-refractivity contribution in [3.63, 3.8) is 0 Å². The molecule has 0 radical (unpaired) electrons. The van der Waals surface area contributed by atoms with Crippen molar-refractivity contribution in [3.05, 3.63) is 95.0 Å². The summed E-state index contributed by atoms with van der Waals surface area (Å²) in [5.41, 5.74) is 1.67.